The van der Waals surface area contributed by atoms with E-state index in [1.807, 2.05) is 0 Å². The Hall–Kier alpha value is -2.35. The van der Waals surface area contributed by atoms with Crippen LogP contribution >= 0.6 is 0 Å². The minimum absolute atomic E-state index is 0.396. The number of alkyl halides is 3. The highest BCUT2D eigenvalue weighted by Crippen LogP contribution is 2.34. The molecule has 0 saturated carbocycles. The average Bonchev–Trinajstić information content (AvgIpc) is 2.61. The van der Waals surface area contributed by atoms with Gasteiger partial charge >= 0.3 is 6.18 Å². The summed E-state index contributed by atoms with van der Waals surface area (Å²) in [4.78, 5) is 12.9. The number of aromatic nitrogens is 2. The summed E-state index contributed by atoms with van der Waals surface area (Å²) < 4.78 is 38.1. The normalized spacial score (nSPS) is 16.2. The summed E-state index contributed by atoms with van der Waals surface area (Å²) in [7, 11) is 0. The zero-order chi connectivity index (χ0) is 18.0. The van der Waals surface area contributed by atoms with Gasteiger partial charge in [-0.1, -0.05) is 19.1 Å². The zero-order valence-electron chi connectivity index (χ0n) is 13.9. The second-order valence-electron chi connectivity index (χ2n) is 5.96. The highest BCUT2D eigenvalue weighted by molar-refractivity contribution is 5.80. The summed E-state index contributed by atoms with van der Waals surface area (Å²) in [5.74, 6) is 0.639. The molecule has 1 aliphatic heterocycles. The van der Waals surface area contributed by atoms with Crippen molar-refractivity contribution >= 4 is 11.5 Å². The molecule has 3 rings (SSSR count). The standard InChI is InChI=1S/C17H20F3N5/c1-2-24-7-9-25(10-8-24)16-14(21)15(22-11-23-16)12-3-5-13(6-4-12)17(18,19)20/h3-6,11H,2,7-10,21H2,1H3. The van der Waals surface area contributed by atoms with Gasteiger partial charge in [-0.25, -0.2) is 9.97 Å². The topological polar surface area (TPSA) is 58.3 Å². The van der Waals surface area contributed by atoms with Crippen LogP contribution in [-0.2, 0) is 6.18 Å². The molecule has 0 radical (unpaired) electrons. The van der Waals surface area contributed by atoms with Gasteiger partial charge in [0.1, 0.15) is 12.0 Å². The Morgan fingerprint density at radius 3 is 2.24 bits per heavy atom. The van der Waals surface area contributed by atoms with Gasteiger partial charge in [-0.3, -0.25) is 0 Å². The SMILES string of the molecule is CCN1CCN(c2ncnc(-c3ccc(C(F)(F)F)cc3)c2N)CC1. The molecule has 1 aliphatic rings. The van der Waals surface area contributed by atoms with Crippen molar-refractivity contribution in [2.24, 2.45) is 0 Å². The molecule has 1 fully saturated rings. The Morgan fingerprint density at radius 1 is 1.04 bits per heavy atom. The van der Waals surface area contributed by atoms with Crippen LogP contribution in [0.25, 0.3) is 11.3 Å². The first-order chi connectivity index (χ1) is 11.9. The summed E-state index contributed by atoms with van der Waals surface area (Å²) in [6, 6.07) is 4.85. The predicted octanol–water partition coefficient (Wildman–Crippen LogP) is 2.89. The second kappa shape index (κ2) is 6.87. The summed E-state index contributed by atoms with van der Waals surface area (Å²) in [5, 5.41) is 0. The van der Waals surface area contributed by atoms with Crippen LogP contribution in [0.2, 0.25) is 0 Å². The summed E-state index contributed by atoms with van der Waals surface area (Å²) in [6.07, 6.45) is -2.95. The van der Waals surface area contributed by atoms with Crippen LogP contribution in [0.3, 0.4) is 0 Å². The van der Waals surface area contributed by atoms with Crippen molar-refractivity contribution in [3.63, 3.8) is 0 Å². The molecule has 25 heavy (non-hydrogen) atoms. The largest absolute Gasteiger partial charge is 0.416 e. The van der Waals surface area contributed by atoms with Crippen LogP contribution in [0, 0.1) is 0 Å². The molecule has 0 unspecified atom stereocenters. The third-order valence-corrected chi connectivity index (χ3v) is 4.47. The number of rotatable bonds is 3. The van der Waals surface area contributed by atoms with Crippen molar-refractivity contribution in [1.29, 1.82) is 0 Å². The molecule has 1 aromatic heterocycles. The van der Waals surface area contributed by atoms with Crippen LogP contribution in [-0.4, -0.2) is 47.6 Å². The molecular formula is C17H20F3N5. The van der Waals surface area contributed by atoms with Crippen LogP contribution < -0.4 is 10.6 Å². The Labute approximate surface area is 144 Å². The molecule has 134 valence electrons. The fourth-order valence-electron chi connectivity index (χ4n) is 2.96. The van der Waals surface area contributed by atoms with Crippen LogP contribution in [0.1, 0.15) is 12.5 Å². The number of hydrogen-bond donors (Lipinski definition) is 1. The molecule has 5 nitrogen and oxygen atoms in total. The lowest BCUT2D eigenvalue weighted by Gasteiger charge is -2.35. The molecular weight excluding hydrogens is 331 g/mol. The maximum atomic E-state index is 12.7. The second-order valence-corrected chi connectivity index (χ2v) is 5.96. The Balaban J connectivity index is 1.86. The highest BCUT2D eigenvalue weighted by Gasteiger charge is 2.30. The lowest BCUT2D eigenvalue weighted by Crippen LogP contribution is -2.46. The number of benzene rings is 1. The summed E-state index contributed by atoms with van der Waals surface area (Å²) in [5.41, 5.74) is 6.93. The van der Waals surface area contributed by atoms with E-state index in [0.29, 0.717) is 22.8 Å². The molecule has 1 saturated heterocycles. The Bertz CT molecular complexity index is 722. The third kappa shape index (κ3) is 3.68. The van der Waals surface area contributed by atoms with E-state index >= 15 is 0 Å². The molecule has 0 aliphatic carbocycles. The van der Waals surface area contributed by atoms with Gasteiger partial charge in [0.15, 0.2) is 5.82 Å². The van der Waals surface area contributed by atoms with Gasteiger partial charge in [-0.05, 0) is 18.7 Å². The fraction of sp³-hybridized carbons (Fsp3) is 0.412. The lowest BCUT2D eigenvalue weighted by molar-refractivity contribution is -0.137. The number of halogens is 3. The van der Waals surface area contributed by atoms with E-state index in [-0.39, 0.29) is 0 Å². The average molecular weight is 351 g/mol. The number of nitrogens with two attached hydrogens (primary N) is 1. The van der Waals surface area contributed by atoms with E-state index in [4.69, 9.17) is 5.73 Å². The number of piperazine rings is 1. The molecule has 0 bridgehead atoms. The predicted molar refractivity (Wildman–Crippen MR) is 91.2 cm³/mol. The van der Waals surface area contributed by atoms with Gasteiger partial charge in [-0.15, -0.1) is 0 Å². The maximum absolute atomic E-state index is 12.7. The van der Waals surface area contributed by atoms with Crippen LogP contribution in [0.4, 0.5) is 24.7 Å². The Morgan fingerprint density at radius 2 is 1.68 bits per heavy atom. The molecule has 2 aromatic rings. The first kappa shape index (κ1) is 17.5. The van der Waals surface area contributed by atoms with E-state index in [2.05, 4.69) is 26.7 Å². The van der Waals surface area contributed by atoms with Crippen molar-refractivity contribution in [3.05, 3.63) is 36.2 Å². The van der Waals surface area contributed by atoms with E-state index < -0.39 is 11.7 Å². The smallest absolute Gasteiger partial charge is 0.394 e. The molecule has 8 heteroatoms. The van der Waals surface area contributed by atoms with Crippen LogP contribution in [0.15, 0.2) is 30.6 Å². The number of nitrogen functional groups attached to an aromatic ring is 1. The van der Waals surface area contributed by atoms with Crippen molar-refractivity contribution in [2.75, 3.05) is 43.4 Å². The van der Waals surface area contributed by atoms with Gasteiger partial charge in [0, 0.05) is 31.7 Å². The quantitative estimate of drug-likeness (QED) is 0.921. The van der Waals surface area contributed by atoms with E-state index in [1.165, 1.54) is 18.5 Å². The van der Waals surface area contributed by atoms with Crippen LogP contribution in [0.5, 0.6) is 0 Å². The first-order valence-electron chi connectivity index (χ1n) is 8.15. The highest BCUT2D eigenvalue weighted by atomic mass is 19.4. The number of hydrogen-bond acceptors (Lipinski definition) is 5. The molecule has 0 atom stereocenters. The molecule has 1 aromatic carbocycles. The van der Waals surface area contributed by atoms with E-state index in [0.717, 1.165) is 44.9 Å². The first-order valence-corrected chi connectivity index (χ1v) is 8.15. The third-order valence-electron chi connectivity index (χ3n) is 4.47. The molecule has 2 N–H and O–H groups in total. The van der Waals surface area contributed by atoms with Crippen molar-refractivity contribution in [3.8, 4) is 11.3 Å². The van der Waals surface area contributed by atoms with E-state index in [1.54, 1.807) is 0 Å². The maximum Gasteiger partial charge on any atom is 0.416 e. The van der Waals surface area contributed by atoms with E-state index in [9.17, 15) is 13.2 Å². The minimum atomic E-state index is -4.36. The molecule has 0 amide bonds. The number of likely N-dealkylation sites (N-methyl/N-ethyl adjacent to an activating group) is 1. The van der Waals surface area contributed by atoms with Gasteiger partial charge in [0.05, 0.1) is 11.3 Å². The Kier molecular flexibility index (Phi) is 4.80. The number of nitrogens with zero attached hydrogens (tertiary/aromatic N) is 4. The fourth-order valence-corrected chi connectivity index (χ4v) is 2.96. The number of anilines is 2. The van der Waals surface area contributed by atoms with Crippen molar-refractivity contribution in [1.82, 2.24) is 14.9 Å². The van der Waals surface area contributed by atoms with Gasteiger partial charge in [0.25, 0.3) is 0 Å². The monoisotopic (exact) mass is 351 g/mol. The van der Waals surface area contributed by atoms with Crippen molar-refractivity contribution in [2.45, 2.75) is 13.1 Å². The zero-order valence-corrected chi connectivity index (χ0v) is 13.9. The summed E-state index contributed by atoms with van der Waals surface area (Å²) >= 11 is 0. The lowest BCUT2D eigenvalue weighted by atomic mass is 10.1. The van der Waals surface area contributed by atoms with Gasteiger partial charge in [0.2, 0.25) is 0 Å². The van der Waals surface area contributed by atoms with Gasteiger partial charge in [-0.2, -0.15) is 13.2 Å². The van der Waals surface area contributed by atoms with Crippen molar-refractivity contribution < 1.29 is 13.2 Å². The minimum Gasteiger partial charge on any atom is -0.394 e. The van der Waals surface area contributed by atoms with Gasteiger partial charge < -0.3 is 15.5 Å². The summed E-state index contributed by atoms with van der Waals surface area (Å²) in [6.45, 7) is 6.59. The molecule has 0 spiro atoms. The molecule has 2 heterocycles.